The molecule has 0 aromatic heterocycles. The van der Waals surface area contributed by atoms with Crippen molar-refractivity contribution in [2.45, 2.75) is 11.5 Å². The zero-order valence-electron chi connectivity index (χ0n) is 11.2. The molecule has 0 N–H and O–H groups in total. The standard InChI is InChI=1S/C14H13NO5S/c1-21(18,19)14-8-6-13(7-9-14)20-10-11-2-4-12(5-3-11)15(16)17/h2-9H,10H2,1H3. The minimum absolute atomic E-state index is 0.0243. The first-order valence-electron chi connectivity index (χ1n) is 6.02. The second-order valence-electron chi connectivity index (χ2n) is 4.46. The molecule has 0 heterocycles. The fraction of sp³-hybridized carbons (Fsp3) is 0.143. The third-order valence-corrected chi connectivity index (χ3v) is 3.93. The number of ether oxygens (including phenoxy) is 1. The van der Waals surface area contributed by atoms with Gasteiger partial charge in [0.1, 0.15) is 12.4 Å². The van der Waals surface area contributed by atoms with Gasteiger partial charge in [0.25, 0.3) is 5.69 Å². The first-order valence-corrected chi connectivity index (χ1v) is 7.91. The van der Waals surface area contributed by atoms with E-state index < -0.39 is 14.8 Å². The van der Waals surface area contributed by atoms with Crippen molar-refractivity contribution in [3.63, 3.8) is 0 Å². The van der Waals surface area contributed by atoms with Crippen molar-refractivity contribution in [2.24, 2.45) is 0 Å². The van der Waals surface area contributed by atoms with Gasteiger partial charge in [0.05, 0.1) is 9.82 Å². The number of nitro groups is 1. The summed E-state index contributed by atoms with van der Waals surface area (Å²) in [5.41, 5.74) is 0.809. The van der Waals surface area contributed by atoms with Crippen LogP contribution in [-0.4, -0.2) is 19.6 Å². The van der Waals surface area contributed by atoms with Crippen molar-refractivity contribution in [3.05, 3.63) is 64.2 Å². The summed E-state index contributed by atoms with van der Waals surface area (Å²) in [5, 5.41) is 10.5. The number of hydrogen-bond acceptors (Lipinski definition) is 5. The Morgan fingerprint density at radius 2 is 1.62 bits per heavy atom. The first kappa shape index (κ1) is 15.0. The van der Waals surface area contributed by atoms with Crippen LogP contribution in [0.25, 0.3) is 0 Å². The summed E-state index contributed by atoms with van der Waals surface area (Å²) in [7, 11) is -3.22. The molecule has 0 saturated heterocycles. The quantitative estimate of drug-likeness (QED) is 0.626. The van der Waals surface area contributed by atoms with Crippen LogP contribution < -0.4 is 4.74 Å². The Kier molecular flexibility index (Phi) is 4.23. The molecule has 6 nitrogen and oxygen atoms in total. The Labute approximate surface area is 122 Å². The van der Waals surface area contributed by atoms with Crippen LogP contribution in [0.15, 0.2) is 53.4 Å². The van der Waals surface area contributed by atoms with Crippen molar-refractivity contribution in [1.29, 1.82) is 0 Å². The Bertz CT molecular complexity index is 736. The summed E-state index contributed by atoms with van der Waals surface area (Å²) in [4.78, 5) is 10.3. The monoisotopic (exact) mass is 307 g/mol. The average molecular weight is 307 g/mol. The number of hydrogen-bond donors (Lipinski definition) is 0. The molecule has 0 spiro atoms. The highest BCUT2D eigenvalue weighted by Crippen LogP contribution is 2.18. The lowest BCUT2D eigenvalue weighted by Crippen LogP contribution is -1.98. The van der Waals surface area contributed by atoms with Gasteiger partial charge < -0.3 is 4.74 Å². The van der Waals surface area contributed by atoms with Crippen molar-refractivity contribution in [1.82, 2.24) is 0 Å². The fourth-order valence-corrected chi connectivity index (χ4v) is 2.29. The van der Waals surface area contributed by atoms with Crippen molar-refractivity contribution >= 4 is 15.5 Å². The molecule has 0 radical (unpaired) electrons. The van der Waals surface area contributed by atoms with Crippen LogP contribution in [0.3, 0.4) is 0 Å². The first-order chi connectivity index (χ1) is 9.86. The lowest BCUT2D eigenvalue weighted by atomic mass is 10.2. The van der Waals surface area contributed by atoms with E-state index in [9.17, 15) is 18.5 Å². The van der Waals surface area contributed by atoms with E-state index in [1.807, 2.05) is 0 Å². The molecule has 7 heteroatoms. The summed E-state index contributed by atoms with van der Waals surface area (Å²) < 4.78 is 28.1. The van der Waals surface area contributed by atoms with Crippen molar-refractivity contribution in [3.8, 4) is 5.75 Å². The van der Waals surface area contributed by atoms with Crippen molar-refractivity contribution < 1.29 is 18.1 Å². The molecule has 2 rings (SSSR count). The van der Waals surface area contributed by atoms with E-state index in [2.05, 4.69) is 0 Å². The lowest BCUT2D eigenvalue weighted by molar-refractivity contribution is -0.384. The van der Waals surface area contributed by atoms with E-state index in [0.29, 0.717) is 5.75 Å². The van der Waals surface area contributed by atoms with E-state index >= 15 is 0 Å². The van der Waals surface area contributed by atoms with Crippen LogP contribution >= 0.6 is 0 Å². The Hall–Kier alpha value is -2.41. The van der Waals surface area contributed by atoms with Gasteiger partial charge in [-0.1, -0.05) is 0 Å². The van der Waals surface area contributed by atoms with E-state index in [0.717, 1.165) is 11.8 Å². The third kappa shape index (κ3) is 4.03. The van der Waals surface area contributed by atoms with Gasteiger partial charge in [-0.3, -0.25) is 10.1 Å². The number of benzene rings is 2. The Morgan fingerprint density at radius 3 is 2.10 bits per heavy atom. The molecule has 0 aliphatic carbocycles. The molecule has 0 aliphatic heterocycles. The normalized spacial score (nSPS) is 11.1. The third-order valence-electron chi connectivity index (χ3n) is 2.80. The summed E-state index contributed by atoms with van der Waals surface area (Å²) >= 11 is 0. The molecule has 0 amide bonds. The van der Waals surface area contributed by atoms with Gasteiger partial charge in [-0.15, -0.1) is 0 Å². The van der Waals surface area contributed by atoms with Crippen LogP contribution in [0.4, 0.5) is 5.69 Å². The van der Waals surface area contributed by atoms with E-state index in [4.69, 9.17) is 4.74 Å². The SMILES string of the molecule is CS(=O)(=O)c1ccc(OCc2ccc([N+](=O)[O-])cc2)cc1. The summed E-state index contributed by atoms with van der Waals surface area (Å²) in [6.45, 7) is 0.246. The molecule has 2 aromatic rings. The van der Waals surface area contributed by atoms with E-state index in [1.165, 1.54) is 24.3 Å². The molecular weight excluding hydrogens is 294 g/mol. The highest BCUT2D eigenvalue weighted by molar-refractivity contribution is 7.90. The molecule has 0 fully saturated rings. The molecule has 0 aliphatic rings. The van der Waals surface area contributed by atoms with Gasteiger partial charge >= 0.3 is 0 Å². The van der Waals surface area contributed by atoms with Crippen LogP contribution in [0, 0.1) is 10.1 Å². The minimum Gasteiger partial charge on any atom is -0.489 e. The lowest BCUT2D eigenvalue weighted by Gasteiger charge is -2.07. The Morgan fingerprint density at radius 1 is 1.05 bits per heavy atom. The molecule has 110 valence electrons. The summed E-state index contributed by atoms with van der Waals surface area (Å²) in [6.07, 6.45) is 1.14. The average Bonchev–Trinajstić information content (AvgIpc) is 2.45. The van der Waals surface area contributed by atoms with E-state index in [-0.39, 0.29) is 17.2 Å². The molecule has 21 heavy (non-hydrogen) atoms. The van der Waals surface area contributed by atoms with Gasteiger partial charge in [-0.05, 0) is 42.0 Å². The van der Waals surface area contributed by atoms with Crippen molar-refractivity contribution in [2.75, 3.05) is 6.26 Å². The topological polar surface area (TPSA) is 86.5 Å². The van der Waals surface area contributed by atoms with Crippen LogP contribution in [0.5, 0.6) is 5.75 Å². The molecule has 0 unspecified atom stereocenters. The van der Waals surface area contributed by atoms with Gasteiger partial charge in [0, 0.05) is 18.4 Å². The predicted molar refractivity (Wildman–Crippen MR) is 77.0 cm³/mol. The molecule has 2 aromatic carbocycles. The highest BCUT2D eigenvalue weighted by Gasteiger charge is 2.07. The molecule has 0 saturated carbocycles. The molecule has 0 atom stereocenters. The Balaban J connectivity index is 2.01. The van der Waals surface area contributed by atoms with Crippen LogP contribution in [-0.2, 0) is 16.4 Å². The highest BCUT2D eigenvalue weighted by atomic mass is 32.2. The summed E-state index contributed by atoms with van der Waals surface area (Å²) in [6, 6.07) is 12.1. The second-order valence-corrected chi connectivity index (χ2v) is 6.47. The maximum atomic E-state index is 11.3. The van der Waals surface area contributed by atoms with Crippen LogP contribution in [0.1, 0.15) is 5.56 Å². The fourth-order valence-electron chi connectivity index (χ4n) is 1.66. The molecule has 0 bridgehead atoms. The number of non-ortho nitro benzene ring substituents is 1. The zero-order chi connectivity index (χ0) is 15.5. The number of sulfone groups is 1. The van der Waals surface area contributed by atoms with Gasteiger partial charge in [0.15, 0.2) is 9.84 Å². The maximum absolute atomic E-state index is 11.3. The van der Waals surface area contributed by atoms with E-state index in [1.54, 1.807) is 24.3 Å². The second kappa shape index (κ2) is 5.92. The zero-order valence-corrected chi connectivity index (χ0v) is 12.0. The van der Waals surface area contributed by atoms with Gasteiger partial charge in [0.2, 0.25) is 0 Å². The number of nitro benzene ring substituents is 1. The van der Waals surface area contributed by atoms with Crippen LogP contribution in [0.2, 0.25) is 0 Å². The minimum atomic E-state index is -3.22. The van der Waals surface area contributed by atoms with Gasteiger partial charge in [-0.25, -0.2) is 8.42 Å². The summed E-state index contributed by atoms with van der Waals surface area (Å²) in [5.74, 6) is 0.528. The number of nitrogens with zero attached hydrogens (tertiary/aromatic N) is 1. The number of rotatable bonds is 5. The maximum Gasteiger partial charge on any atom is 0.269 e. The van der Waals surface area contributed by atoms with Gasteiger partial charge in [-0.2, -0.15) is 0 Å². The molecular formula is C14H13NO5S. The smallest absolute Gasteiger partial charge is 0.269 e. The largest absolute Gasteiger partial charge is 0.489 e. The predicted octanol–water partition coefficient (Wildman–Crippen LogP) is 2.58.